The summed E-state index contributed by atoms with van der Waals surface area (Å²) in [6.45, 7) is 3.41. The van der Waals surface area contributed by atoms with Crippen LogP contribution in [0.1, 0.15) is 25.6 Å². The molecule has 4 rings (SSSR count). The fourth-order valence-corrected chi connectivity index (χ4v) is 10.3. The van der Waals surface area contributed by atoms with E-state index in [0.717, 1.165) is 27.0 Å². The van der Waals surface area contributed by atoms with Crippen LogP contribution in [0.2, 0.25) is 0 Å². The first-order valence-corrected chi connectivity index (χ1v) is 13.1. The molecule has 31 heavy (non-hydrogen) atoms. The Bertz CT molecular complexity index is 992. The lowest BCUT2D eigenvalue weighted by Crippen LogP contribution is -2.42. The summed E-state index contributed by atoms with van der Waals surface area (Å²) in [5.74, 6) is 0.389. The van der Waals surface area contributed by atoms with Crippen molar-refractivity contribution >= 4 is 37.2 Å². The predicted molar refractivity (Wildman–Crippen MR) is 125 cm³/mol. The topological polar surface area (TPSA) is 67.7 Å². The number of benzene rings is 1. The normalized spacial score (nSPS) is 23.6. The van der Waals surface area contributed by atoms with Crippen molar-refractivity contribution in [2.75, 3.05) is 26.0 Å². The molecule has 0 aliphatic carbocycles. The molecular formula is C22H25FN4O2S2. The highest BCUT2D eigenvalue weighted by atomic mass is 32.3. The summed E-state index contributed by atoms with van der Waals surface area (Å²) in [5, 5.41) is 0.229. The van der Waals surface area contributed by atoms with E-state index in [1.54, 1.807) is 35.1 Å². The Morgan fingerprint density at radius 1 is 1.23 bits per heavy atom. The third-order valence-corrected chi connectivity index (χ3v) is 11.4. The van der Waals surface area contributed by atoms with Gasteiger partial charge in [0.05, 0.1) is 11.5 Å². The number of likely N-dealkylation sites (tertiary alicyclic amines) is 1. The average molecular weight is 461 g/mol. The molecule has 0 N–H and O–H groups in total. The third-order valence-electron chi connectivity index (χ3n) is 5.52. The van der Waals surface area contributed by atoms with Gasteiger partial charge in [-0.2, -0.15) is 0 Å². The highest BCUT2D eigenvalue weighted by Crippen LogP contribution is 2.74. The molecule has 0 saturated carbocycles. The van der Waals surface area contributed by atoms with Gasteiger partial charge in [-0.25, -0.2) is 24.1 Å². The van der Waals surface area contributed by atoms with Crippen molar-refractivity contribution in [3.8, 4) is 0 Å². The van der Waals surface area contributed by atoms with E-state index < -0.39 is 10.0 Å². The van der Waals surface area contributed by atoms with Gasteiger partial charge in [0, 0.05) is 41.8 Å². The Hall–Kier alpha value is -2.39. The Morgan fingerprint density at radius 3 is 2.52 bits per heavy atom. The monoisotopic (exact) mass is 460 g/mol. The molecule has 1 atom stereocenters. The molecule has 1 aromatic heterocycles. The van der Waals surface area contributed by atoms with Gasteiger partial charge in [-0.1, -0.05) is 0 Å². The molecule has 164 valence electrons. The number of hydrogen-bond acceptors (Lipinski definition) is 6. The predicted octanol–water partition coefficient (Wildman–Crippen LogP) is 5.13. The summed E-state index contributed by atoms with van der Waals surface area (Å²) < 4.78 is 20.0. The van der Waals surface area contributed by atoms with E-state index in [4.69, 9.17) is 9.73 Å². The number of hydrogen-bond donors (Lipinski definition) is 0. The molecule has 2 aliphatic rings. The third kappa shape index (κ3) is 3.96. The molecule has 9 heteroatoms. The molecule has 1 saturated heterocycles. The quantitative estimate of drug-likeness (QED) is 0.633. The van der Waals surface area contributed by atoms with E-state index in [9.17, 15) is 9.18 Å². The number of piperidine rings is 1. The van der Waals surface area contributed by atoms with Gasteiger partial charge in [0.1, 0.15) is 10.2 Å². The minimum atomic E-state index is -1.80. The van der Waals surface area contributed by atoms with Crippen LogP contribution in [0.25, 0.3) is 4.91 Å². The van der Waals surface area contributed by atoms with Crippen LogP contribution in [0.4, 0.5) is 9.18 Å². The van der Waals surface area contributed by atoms with Gasteiger partial charge in [-0.3, -0.25) is 0 Å². The molecule has 1 unspecified atom stereocenters. The van der Waals surface area contributed by atoms with Crippen molar-refractivity contribution in [3.63, 3.8) is 0 Å². The van der Waals surface area contributed by atoms with Crippen LogP contribution in [0.3, 0.4) is 0 Å². The number of ether oxygens (including phenoxy) is 1. The first kappa shape index (κ1) is 21.8. The summed E-state index contributed by atoms with van der Waals surface area (Å²) >= 11 is 1.63. The van der Waals surface area contributed by atoms with E-state index in [0.29, 0.717) is 25.5 Å². The van der Waals surface area contributed by atoms with Crippen molar-refractivity contribution in [1.82, 2.24) is 14.9 Å². The minimum Gasteiger partial charge on any atom is -0.450 e. The molecule has 0 spiro atoms. The van der Waals surface area contributed by atoms with Gasteiger partial charge >= 0.3 is 6.09 Å². The summed E-state index contributed by atoms with van der Waals surface area (Å²) in [6.07, 6.45) is 8.72. The zero-order valence-corrected chi connectivity index (χ0v) is 19.2. The highest BCUT2D eigenvalue weighted by molar-refractivity contribution is 8.62. The van der Waals surface area contributed by atoms with Gasteiger partial charge < -0.3 is 9.64 Å². The van der Waals surface area contributed by atoms with Crippen LogP contribution in [-0.2, 0) is 4.74 Å². The Kier molecular flexibility index (Phi) is 6.62. The summed E-state index contributed by atoms with van der Waals surface area (Å²) in [6, 6.07) is 8.56. The van der Waals surface area contributed by atoms with Crippen molar-refractivity contribution in [1.29, 1.82) is 0 Å². The first-order chi connectivity index (χ1) is 15.1. The molecule has 1 fully saturated rings. The number of amides is 1. The molecule has 0 bridgehead atoms. The number of carbonyl (C=O) groups excluding carboxylic acids is 1. The second-order valence-corrected chi connectivity index (χ2v) is 11.5. The molecule has 1 aromatic carbocycles. The number of aromatic nitrogens is 2. The lowest BCUT2D eigenvalue weighted by molar-refractivity contribution is 0.100. The van der Waals surface area contributed by atoms with E-state index >= 15 is 0 Å². The van der Waals surface area contributed by atoms with E-state index in [-0.39, 0.29) is 17.2 Å². The summed E-state index contributed by atoms with van der Waals surface area (Å²) in [7, 11) is -1.80. The number of aliphatic imine (C=N–C) groups is 1. The maximum absolute atomic E-state index is 13.8. The second-order valence-electron chi connectivity index (χ2n) is 7.16. The Balaban J connectivity index is 1.77. The van der Waals surface area contributed by atoms with E-state index in [1.807, 2.05) is 31.5 Å². The second kappa shape index (κ2) is 9.40. The fraction of sp³-hybridized carbons (Fsp3) is 0.364. The van der Waals surface area contributed by atoms with Crippen LogP contribution < -0.4 is 0 Å². The average Bonchev–Trinajstić information content (AvgIpc) is 3.20. The summed E-state index contributed by atoms with van der Waals surface area (Å²) in [5.41, 5.74) is 0. The SMILES string of the molecule is CCOC(=O)N1CCC(S2(c3ccc(F)cc3)C(c3ncccn3)=CN=C2SC)CC1. The zero-order valence-electron chi connectivity index (χ0n) is 17.5. The number of carbonyl (C=O) groups is 1. The van der Waals surface area contributed by atoms with Crippen molar-refractivity contribution in [2.24, 2.45) is 4.99 Å². The highest BCUT2D eigenvalue weighted by Gasteiger charge is 2.48. The fourth-order valence-electron chi connectivity index (χ4n) is 4.18. The zero-order chi connectivity index (χ0) is 21.8. The minimum absolute atomic E-state index is 0.229. The van der Waals surface area contributed by atoms with Gasteiger partial charge in [0.2, 0.25) is 0 Å². The Morgan fingerprint density at radius 2 is 1.90 bits per heavy atom. The van der Waals surface area contributed by atoms with Gasteiger partial charge in [0.15, 0.2) is 5.82 Å². The molecule has 3 heterocycles. The van der Waals surface area contributed by atoms with E-state index in [1.165, 1.54) is 12.1 Å². The molecule has 1 amide bonds. The number of halogens is 1. The van der Waals surface area contributed by atoms with Crippen LogP contribution in [-0.4, -0.2) is 56.5 Å². The van der Waals surface area contributed by atoms with Crippen molar-refractivity contribution < 1.29 is 13.9 Å². The van der Waals surface area contributed by atoms with Crippen LogP contribution in [0.5, 0.6) is 0 Å². The molecule has 2 aliphatic heterocycles. The number of thioether (sulfide) groups is 1. The van der Waals surface area contributed by atoms with Gasteiger partial charge in [0.25, 0.3) is 0 Å². The first-order valence-electron chi connectivity index (χ1n) is 10.2. The van der Waals surface area contributed by atoms with Crippen molar-refractivity contribution in [3.05, 3.63) is 60.6 Å². The standard InChI is InChI=1S/C22H25FN4O2S2/c1-3-29-22(28)27-13-9-18(10-14-27)31(17-7-5-16(23)6-8-17)19(15-26-21(31)30-2)20-24-11-4-12-25-20/h4-8,11-12,15,18H,3,9-10,13-14H2,1-2H3. The Labute approximate surface area is 187 Å². The smallest absolute Gasteiger partial charge is 0.409 e. The largest absolute Gasteiger partial charge is 0.450 e. The maximum atomic E-state index is 13.8. The molecule has 0 radical (unpaired) electrons. The number of rotatable bonds is 4. The van der Waals surface area contributed by atoms with Crippen molar-refractivity contribution in [2.45, 2.75) is 29.9 Å². The molecule has 6 nitrogen and oxygen atoms in total. The van der Waals surface area contributed by atoms with Crippen LogP contribution in [0.15, 0.2) is 58.8 Å². The lowest BCUT2D eigenvalue weighted by atomic mass is 10.1. The maximum Gasteiger partial charge on any atom is 0.409 e. The van der Waals surface area contributed by atoms with Gasteiger partial charge in [-0.05, 0) is 56.4 Å². The van der Waals surface area contributed by atoms with Gasteiger partial charge in [-0.15, -0.1) is 21.8 Å². The summed E-state index contributed by atoms with van der Waals surface area (Å²) in [4.78, 5) is 29.9. The van der Waals surface area contributed by atoms with Crippen LogP contribution >= 0.6 is 21.8 Å². The molecular weight excluding hydrogens is 435 g/mol. The van der Waals surface area contributed by atoms with Crippen LogP contribution in [0, 0.1) is 5.82 Å². The molecule has 2 aromatic rings. The number of nitrogens with zero attached hydrogens (tertiary/aromatic N) is 4. The van der Waals surface area contributed by atoms with E-state index in [2.05, 4.69) is 9.97 Å². The lowest BCUT2D eigenvalue weighted by Gasteiger charge is -2.48.